The lowest BCUT2D eigenvalue weighted by molar-refractivity contribution is -0.182. The van der Waals surface area contributed by atoms with Crippen molar-refractivity contribution in [1.29, 1.82) is 5.26 Å². The molecule has 14 heteroatoms. The fourth-order valence-electron chi connectivity index (χ4n) is 5.52. The Bertz CT molecular complexity index is 1600. The van der Waals surface area contributed by atoms with Crippen molar-refractivity contribution >= 4 is 23.0 Å². The summed E-state index contributed by atoms with van der Waals surface area (Å²) in [5, 5.41) is 22.6. The maximum absolute atomic E-state index is 13.3. The molecule has 3 aromatic heterocycles. The normalized spacial score (nSPS) is 16.4. The Balaban J connectivity index is 0.00000226. The number of carbonyl (C=O) groups is 2. The van der Waals surface area contributed by atoms with Crippen LogP contribution in [0.15, 0.2) is 61.2 Å². The minimum absolute atomic E-state index is 0.0557. The molecule has 0 bridgehead atoms. The zero-order chi connectivity index (χ0) is 32.7. The summed E-state index contributed by atoms with van der Waals surface area (Å²) in [7, 11) is 2.50. The first-order valence-electron chi connectivity index (χ1n) is 14.4. The van der Waals surface area contributed by atoms with E-state index in [1.165, 1.54) is 24.3 Å². The Morgan fingerprint density at radius 3 is 2.58 bits per heavy atom. The van der Waals surface area contributed by atoms with Gasteiger partial charge in [0.15, 0.2) is 5.60 Å². The van der Waals surface area contributed by atoms with E-state index in [0.717, 1.165) is 12.8 Å². The van der Waals surface area contributed by atoms with Gasteiger partial charge in [-0.1, -0.05) is 12.6 Å². The number of piperidine rings is 1. The summed E-state index contributed by atoms with van der Waals surface area (Å²) < 4.78 is 13.2. The third kappa shape index (κ3) is 6.60. The molecule has 2 aliphatic rings. The van der Waals surface area contributed by atoms with Gasteiger partial charge in [-0.25, -0.2) is 10.4 Å². The summed E-state index contributed by atoms with van der Waals surface area (Å²) in [6.45, 7) is 6.94. The first-order chi connectivity index (χ1) is 21.7. The SMILES string of the molecule is C=CC(=O)N1CC(OC)(C(=O)N2CCC(N(N)/C(C)=C(\N)c3cc(OCc4ccccn4)c4c(C#N)cnn4c3)CC2)C1.CO. The largest absolute Gasteiger partial charge is 0.485 e. The van der Waals surface area contributed by atoms with Gasteiger partial charge in [0.25, 0.3) is 5.91 Å². The molecule has 0 unspecified atom stereocenters. The number of amides is 2. The number of hydrogen-bond donors (Lipinski definition) is 3. The molecule has 0 aliphatic carbocycles. The number of aliphatic hydroxyl groups is 1. The van der Waals surface area contributed by atoms with Gasteiger partial charge in [0, 0.05) is 57.0 Å². The second-order valence-corrected chi connectivity index (χ2v) is 10.7. The van der Waals surface area contributed by atoms with Crippen LogP contribution in [0.25, 0.3) is 11.2 Å². The Morgan fingerprint density at radius 1 is 1.27 bits per heavy atom. The van der Waals surface area contributed by atoms with Crippen molar-refractivity contribution < 1.29 is 24.2 Å². The van der Waals surface area contributed by atoms with Crippen LogP contribution in [-0.2, 0) is 20.9 Å². The van der Waals surface area contributed by atoms with Crippen LogP contribution in [0, 0.1) is 11.3 Å². The van der Waals surface area contributed by atoms with Crippen LogP contribution in [0.2, 0.25) is 0 Å². The van der Waals surface area contributed by atoms with Gasteiger partial charge in [-0.05, 0) is 44.0 Å². The highest BCUT2D eigenvalue weighted by atomic mass is 16.5. The van der Waals surface area contributed by atoms with E-state index in [9.17, 15) is 14.9 Å². The standard InChI is InChI=1S/C30H35N9O4.CH4O/c1-4-26(40)37-18-30(19-37,42-3)29(41)36-11-8-24(9-12-36)39(33)20(2)27(32)21-13-25(43-17-23-7-5-6-10-34-23)28-22(14-31)15-35-38(28)16-21;1-2/h4-7,10,13,15-16,24H,1,8-9,11-12,17-19,32-33H2,2-3H3;2H,1H3/b27-20-;. The molecule has 0 radical (unpaired) electrons. The van der Waals surface area contributed by atoms with Crippen LogP contribution >= 0.6 is 0 Å². The smallest absolute Gasteiger partial charge is 0.258 e. The average Bonchev–Trinajstić information content (AvgIpc) is 3.50. The summed E-state index contributed by atoms with van der Waals surface area (Å²) in [5.74, 6) is 6.69. The van der Waals surface area contributed by atoms with E-state index in [1.807, 2.05) is 25.1 Å². The van der Waals surface area contributed by atoms with Crippen LogP contribution in [0.3, 0.4) is 0 Å². The third-order valence-electron chi connectivity index (χ3n) is 8.19. The number of hydrogen-bond acceptors (Lipinski definition) is 11. The molecular formula is C31H39N9O5. The van der Waals surface area contributed by atoms with Crippen molar-refractivity contribution in [3.05, 3.63) is 78.0 Å². The van der Waals surface area contributed by atoms with Crippen molar-refractivity contribution in [2.45, 2.75) is 38.0 Å². The molecule has 45 heavy (non-hydrogen) atoms. The number of pyridine rings is 2. The molecule has 0 spiro atoms. The predicted octanol–water partition coefficient (Wildman–Crippen LogP) is 1.02. The maximum atomic E-state index is 13.3. The molecule has 238 valence electrons. The molecule has 2 fully saturated rings. The van der Waals surface area contributed by atoms with Crippen molar-refractivity contribution in [3.63, 3.8) is 0 Å². The Kier molecular flexibility index (Phi) is 10.4. The summed E-state index contributed by atoms with van der Waals surface area (Å²) in [5.41, 5.74) is 8.97. The van der Waals surface area contributed by atoms with Crippen molar-refractivity contribution in [3.8, 4) is 11.8 Å². The minimum Gasteiger partial charge on any atom is -0.485 e. The highest BCUT2D eigenvalue weighted by Gasteiger charge is 2.53. The molecule has 3 aromatic rings. The van der Waals surface area contributed by atoms with Crippen LogP contribution in [-0.4, -0.2) is 98.4 Å². The third-order valence-corrected chi connectivity index (χ3v) is 8.19. The molecule has 0 aromatic carbocycles. The number of nitrogens with two attached hydrogens (primary N) is 2. The monoisotopic (exact) mass is 617 g/mol. The van der Waals surface area contributed by atoms with E-state index in [1.54, 1.807) is 32.9 Å². The highest BCUT2D eigenvalue weighted by Crippen LogP contribution is 2.31. The highest BCUT2D eigenvalue weighted by molar-refractivity contribution is 5.93. The first-order valence-corrected chi connectivity index (χ1v) is 14.4. The van der Waals surface area contributed by atoms with Gasteiger partial charge < -0.3 is 35.1 Å². The summed E-state index contributed by atoms with van der Waals surface area (Å²) >= 11 is 0. The van der Waals surface area contributed by atoms with Crippen LogP contribution < -0.4 is 16.3 Å². The fourth-order valence-corrected chi connectivity index (χ4v) is 5.52. The van der Waals surface area contributed by atoms with Gasteiger partial charge in [-0.15, -0.1) is 0 Å². The molecule has 0 atom stereocenters. The first kappa shape index (κ1) is 32.9. The summed E-state index contributed by atoms with van der Waals surface area (Å²) in [4.78, 5) is 32.8. The number of rotatable bonds is 9. The number of nitriles is 1. The molecule has 2 saturated heterocycles. The number of aromatic nitrogens is 3. The number of aliphatic hydroxyl groups excluding tert-OH is 1. The summed E-state index contributed by atoms with van der Waals surface area (Å²) in [6.07, 6.45) is 7.40. The van der Waals surface area contributed by atoms with Crippen molar-refractivity contribution in [2.75, 3.05) is 40.4 Å². The van der Waals surface area contributed by atoms with Crippen LogP contribution in [0.1, 0.15) is 36.6 Å². The lowest BCUT2D eigenvalue weighted by Crippen LogP contribution is -2.71. The van der Waals surface area contributed by atoms with Gasteiger partial charge >= 0.3 is 0 Å². The van der Waals surface area contributed by atoms with E-state index >= 15 is 0 Å². The number of likely N-dealkylation sites (tertiary alicyclic amines) is 2. The van der Waals surface area contributed by atoms with Gasteiger partial charge in [0.05, 0.1) is 30.7 Å². The number of nitrogens with zero attached hydrogens (tertiary/aromatic N) is 7. The van der Waals surface area contributed by atoms with E-state index in [0.29, 0.717) is 59.7 Å². The molecule has 2 aliphatic heterocycles. The predicted molar refractivity (Wildman–Crippen MR) is 166 cm³/mol. The Morgan fingerprint density at radius 2 is 1.98 bits per heavy atom. The molecule has 14 nitrogen and oxygen atoms in total. The lowest BCUT2D eigenvalue weighted by Gasteiger charge is -2.50. The summed E-state index contributed by atoms with van der Waals surface area (Å²) in [6, 6.07) is 9.43. The van der Waals surface area contributed by atoms with Gasteiger partial charge in [0.1, 0.15) is 29.5 Å². The maximum Gasteiger partial charge on any atom is 0.258 e. The van der Waals surface area contributed by atoms with Gasteiger partial charge in [-0.2, -0.15) is 10.4 Å². The Labute approximate surface area is 261 Å². The van der Waals surface area contributed by atoms with Crippen LogP contribution in [0.4, 0.5) is 0 Å². The average molecular weight is 618 g/mol. The number of carbonyl (C=O) groups excluding carboxylic acids is 2. The number of allylic oxidation sites excluding steroid dienone is 1. The van der Waals surface area contributed by atoms with E-state index < -0.39 is 5.60 Å². The van der Waals surface area contributed by atoms with E-state index in [4.69, 9.17) is 26.2 Å². The lowest BCUT2D eigenvalue weighted by atomic mass is 9.90. The topological polar surface area (TPSA) is 189 Å². The molecule has 5 N–H and O–H groups in total. The van der Waals surface area contributed by atoms with Crippen LogP contribution in [0.5, 0.6) is 5.75 Å². The molecule has 5 rings (SSSR count). The number of ether oxygens (including phenoxy) is 2. The number of methoxy groups -OCH3 is 1. The quantitative estimate of drug-likeness (QED) is 0.177. The minimum atomic E-state index is -1.03. The van der Waals surface area contributed by atoms with Crippen molar-refractivity contribution in [1.82, 2.24) is 29.4 Å². The zero-order valence-corrected chi connectivity index (χ0v) is 25.7. The number of fused-ring (bicyclic) bond motifs is 1. The van der Waals surface area contributed by atoms with Gasteiger partial charge in [0.2, 0.25) is 5.91 Å². The number of hydrazine groups is 1. The Hall–Kier alpha value is -4.97. The second kappa shape index (κ2) is 14.2. The van der Waals surface area contributed by atoms with E-state index in [2.05, 4.69) is 22.7 Å². The van der Waals surface area contributed by atoms with E-state index in [-0.39, 0.29) is 37.6 Å². The molecular weight excluding hydrogens is 578 g/mol. The zero-order valence-electron chi connectivity index (χ0n) is 25.7. The second-order valence-electron chi connectivity index (χ2n) is 10.7. The molecule has 0 saturated carbocycles. The molecule has 2 amide bonds. The van der Waals surface area contributed by atoms with Crippen molar-refractivity contribution in [2.24, 2.45) is 11.6 Å². The van der Waals surface area contributed by atoms with Gasteiger partial charge in [-0.3, -0.25) is 14.6 Å². The molecule has 5 heterocycles. The fraction of sp³-hybridized carbons (Fsp3) is 0.387.